The number of hydrogen-bond donors (Lipinski definition) is 1. The summed E-state index contributed by atoms with van der Waals surface area (Å²) in [5, 5.41) is 25.0. The second kappa shape index (κ2) is 33.2. The highest BCUT2D eigenvalue weighted by atomic mass is 79.9. The van der Waals surface area contributed by atoms with Gasteiger partial charge in [-0.15, -0.1) is 13.2 Å². The van der Waals surface area contributed by atoms with Gasteiger partial charge in [-0.2, -0.15) is 8.42 Å². The van der Waals surface area contributed by atoms with E-state index in [2.05, 4.69) is 102 Å². The number of aromatic nitrogens is 4. The van der Waals surface area contributed by atoms with Crippen LogP contribution in [0.5, 0.6) is 23.5 Å². The molecule has 0 radical (unpaired) electrons. The lowest BCUT2D eigenvalue weighted by Crippen LogP contribution is -2.17. The van der Waals surface area contributed by atoms with Gasteiger partial charge in [-0.25, -0.2) is 0 Å². The molecule has 4 aromatic carbocycles. The number of rotatable bonds is 23. The summed E-state index contributed by atoms with van der Waals surface area (Å²) in [6.45, 7) is 11.4. The molecule has 8 rings (SSSR count). The molecule has 0 aliphatic carbocycles. The van der Waals surface area contributed by atoms with E-state index < -0.39 is 16.2 Å². The number of benzene rings is 4. The number of nitrogens with zero attached hydrogens (tertiary/aromatic N) is 6. The van der Waals surface area contributed by atoms with Crippen LogP contribution in [0.15, 0.2) is 195 Å². The first kappa shape index (κ1) is 64.3. The Bertz CT molecular complexity index is 3300. The number of halogens is 4. The third kappa shape index (κ3) is 20.8. The Balaban J connectivity index is 0.000000196. The standard InChI is InChI=1S/2C15H17BrN2O2.C14H14BrNO5S.C13H12BrNO3/c1-18(2)10-6-9-13-14(16)15(17-20-13)19-11-12-7-4-3-5-8-12;1-4-12(18(2)3)14-13(16)15(17-20-14)19-10-11-8-6-5-7-9-11;1-3-11(21-22(2,17)18)13-12(15)14(16-20-13)19-9-10-7-5-4-6-8-10;1-2-10(16)12-11(14)13(15-18-12)17-8-9-6-4-3-5-7-9/h3-9H,10-11H2,1-2H3;4-9,12H,1,10H2,2-3H3;3-8H,9H2,1-2H3;2-7,10,16H,1,8H2/b9-6+;;;/t;12-;;10-/m.0.1/s1. The van der Waals surface area contributed by atoms with Crippen molar-refractivity contribution >= 4 is 85.7 Å². The predicted molar refractivity (Wildman–Crippen MR) is 319 cm³/mol. The van der Waals surface area contributed by atoms with Crippen LogP contribution in [-0.2, 0) is 40.7 Å². The molecule has 23 heteroatoms. The molecular weight excluding hydrogens is 1310 g/mol. The van der Waals surface area contributed by atoms with Crippen molar-refractivity contribution in [1.29, 1.82) is 0 Å². The van der Waals surface area contributed by atoms with Crippen LogP contribution in [0.3, 0.4) is 0 Å². The number of aliphatic hydroxyl groups is 1. The highest BCUT2D eigenvalue weighted by Crippen LogP contribution is 2.37. The van der Waals surface area contributed by atoms with Gasteiger partial charge in [-0.05, 0) is 154 Å². The summed E-state index contributed by atoms with van der Waals surface area (Å²) in [6, 6.07) is 39.1. The van der Waals surface area contributed by atoms with Crippen molar-refractivity contribution in [2.45, 2.75) is 45.5 Å². The van der Waals surface area contributed by atoms with Gasteiger partial charge in [-0.1, -0.05) is 140 Å². The van der Waals surface area contributed by atoms with Gasteiger partial charge in [0.15, 0.2) is 23.0 Å². The Hall–Kier alpha value is -6.57. The summed E-state index contributed by atoms with van der Waals surface area (Å²) in [7, 11) is 4.25. The summed E-state index contributed by atoms with van der Waals surface area (Å²) in [6.07, 6.45) is 8.55. The van der Waals surface area contributed by atoms with Gasteiger partial charge >= 0.3 is 10.1 Å². The van der Waals surface area contributed by atoms with Crippen molar-refractivity contribution in [1.82, 2.24) is 30.4 Å². The zero-order valence-corrected chi connectivity index (χ0v) is 51.7. The summed E-state index contributed by atoms with van der Waals surface area (Å²) in [4.78, 5) is 4.05. The molecule has 0 aliphatic heterocycles. The minimum atomic E-state index is -3.66. The second-order valence-electron chi connectivity index (χ2n) is 17.2. The molecule has 0 aliphatic rings. The van der Waals surface area contributed by atoms with Gasteiger partial charge in [0.05, 0.1) is 12.3 Å². The van der Waals surface area contributed by atoms with Crippen molar-refractivity contribution in [2.24, 2.45) is 0 Å². The van der Waals surface area contributed by atoms with Gasteiger partial charge in [-0.3, -0.25) is 4.90 Å². The lowest BCUT2D eigenvalue weighted by molar-refractivity contribution is 0.180. The third-order valence-electron chi connectivity index (χ3n) is 10.4. The molecule has 0 unspecified atom stereocenters. The van der Waals surface area contributed by atoms with Gasteiger partial charge in [0, 0.05) is 6.54 Å². The Morgan fingerprint density at radius 1 is 0.588 bits per heavy atom. The number of ether oxygens (including phenoxy) is 4. The van der Waals surface area contributed by atoms with E-state index in [-0.39, 0.29) is 29.2 Å². The summed E-state index contributed by atoms with van der Waals surface area (Å²) in [5.41, 5.74) is 4.17. The van der Waals surface area contributed by atoms with Crippen molar-refractivity contribution in [3.63, 3.8) is 0 Å². The van der Waals surface area contributed by atoms with Crippen molar-refractivity contribution < 1.29 is 54.7 Å². The maximum Gasteiger partial charge on any atom is 0.306 e. The highest BCUT2D eigenvalue weighted by Gasteiger charge is 2.25. The van der Waals surface area contributed by atoms with Crippen LogP contribution in [0.4, 0.5) is 0 Å². The molecule has 2 atom stereocenters. The smallest absolute Gasteiger partial charge is 0.306 e. The van der Waals surface area contributed by atoms with Crippen LogP contribution in [-0.4, -0.2) is 84.9 Å². The van der Waals surface area contributed by atoms with Gasteiger partial charge in [0.2, 0.25) is 5.76 Å². The third-order valence-corrected chi connectivity index (χ3v) is 13.8. The molecular formula is C57H60Br4N6O12S. The highest BCUT2D eigenvalue weighted by molar-refractivity contribution is 9.11. The fourth-order valence-corrected chi connectivity index (χ4v) is 8.72. The predicted octanol–water partition coefficient (Wildman–Crippen LogP) is 14.0. The first-order valence-electron chi connectivity index (χ1n) is 24.2. The van der Waals surface area contributed by atoms with Crippen LogP contribution < -0.4 is 18.9 Å². The SMILES string of the molecule is C=C[C@@H](O)c1onc(OCc2ccccc2)c1Br.C=C[C@@H](c1onc(OCc2ccccc2)c1Br)N(C)C.CC=C(OS(C)(=O)=O)c1onc(OCc2ccccc2)c1Br.CN(C)C/C=C/c1onc(OCc2ccccc2)c1Br. The maximum atomic E-state index is 11.2. The Labute approximate surface area is 499 Å². The fraction of sp³-hybridized carbons (Fsp3) is 0.228. The van der Waals surface area contributed by atoms with Crippen molar-refractivity contribution in [2.75, 3.05) is 41.0 Å². The van der Waals surface area contributed by atoms with Crippen molar-refractivity contribution in [3.05, 3.63) is 222 Å². The van der Waals surface area contributed by atoms with Crippen LogP contribution in [0.25, 0.3) is 11.8 Å². The molecule has 424 valence electrons. The topological polar surface area (TPSA) is 211 Å². The number of hydrogen-bond acceptors (Lipinski definition) is 18. The molecule has 0 saturated carbocycles. The lowest BCUT2D eigenvalue weighted by Gasteiger charge is -2.17. The Morgan fingerprint density at radius 3 is 1.36 bits per heavy atom. The van der Waals surface area contributed by atoms with E-state index in [9.17, 15) is 13.5 Å². The molecule has 0 bridgehead atoms. The van der Waals surface area contributed by atoms with Gasteiger partial charge in [0.25, 0.3) is 23.5 Å². The van der Waals surface area contributed by atoms with Gasteiger partial charge in [0.1, 0.15) is 50.4 Å². The van der Waals surface area contributed by atoms with Crippen LogP contribution in [0, 0.1) is 0 Å². The van der Waals surface area contributed by atoms with E-state index in [1.807, 2.05) is 167 Å². The van der Waals surface area contributed by atoms with E-state index >= 15 is 0 Å². The minimum Gasteiger partial charge on any atom is -0.470 e. The van der Waals surface area contributed by atoms with E-state index in [1.165, 1.54) is 12.2 Å². The number of allylic oxidation sites excluding steroid dienone is 1. The largest absolute Gasteiger partial charge is 0.470 e. The van der Waals surface area contributed by atoms with E-state index in [4.69, 9.17) is 41.2 Å². The summed E-state index contributed by atoms with van der Waals surface area (Å²) < 4.78 is 72.7. The molecule has 8 aromatic rings. The first-order chi connectivity index (χ1) is 38.4. The maximum absolute atomic E-state index is 11.2. The first-order valence-corrected chi connectivity index (χ1v) is 29.2. The lowest BCUT2D eigenvalue weighted by atomic mass is 10.2. The molecule has 18 nitrogen and oxygen atoms in total. The van der Waals surface area contributed by atoms with Crippen molar-refractivity contribution in [3.8, 4) is 23.5 Å². The Kier molecular flexibility index (Phi) is 26.7. The van der Waals surface area contributed by atoms with Crippen LogP contribution >= 0.6 is 63.7 Å². The quantitative estimate of drug-likeness (QED) is 0.0358. The number of likely N-dealkylation sites (N-methyl/N-ethyl adjacent to an activating group) is 2. The second-order valence-corrected chi connectivity index (χ2v) is 21.9. The summed E-state index contributed by atoms with van der Waals surface area (Å²) >= 11 is 13.5. The summed E-state index contributed by atoms with van der Waals surface area (Å²) in [5.74, 6) is 3.28. The van der Waals surface area contributed by atoms with E-state index in [0.29, 0.717) is 64.5 Å². The molecule has 80 heavy (non-hydrogen) atoms. The molecule has 4 aromatic heterocycles. The normalized spacial score (nSPS) is 12.0. The van der Waals surface area contributed by atoms with E-state index in [1.54, 1.807) is 13.0 Å². The molecule has 0 amide bonds. The fourth-order valence-electron chi connectivity index (χ4n) is 6.39. The zero-order valence-electron chi connectivity index (χ0n) is 44.6. The molecule has 0 saturated heterocycles. The van der Waals surface area contributed by atoms with Crippen LogP contribution in [0.2, 0.25) is 0 Å². The molecule has 0 spiro atoms. The monoisotopic (exact) mass is 1370 g/mol. The molecule has 1 N–H and O–H groups in total. The average molecular weight is 1370 g/mol. The Morgan fingerprint density at radius 2 is 0.975 bits per heavy atom. The molecule has 4 heterocycles. The van der Waals surface area contributed by atoms with Gasteiger partial charge < -0.3 is 51.2 Å². The van der Waals surface area contributed by atoms with E-state index in [0.717, 1.165) is 44.0 Å². The zero-order chi connectivity index (χ0) is 58.0. The van der Waals surface area contributed by atoms with Crippen LogP contribution in [0.1, 0.15) is 64.4 Å². The minimum absolute atomic E-state index is 0.0384. The molecule has 0 fully saturated rings. The number of aliphatic hydroxyl groups excluding tert-OH is 1. The average Bonchev–Trinajstić information content (AvgIpc) is 4.23.